The number of rotatable bonds is 6. The average Bonchev–Trinajstić information content (AvgIpc) is 2.75. The molecule has 5 nitrogen and oxygen atoms in total. The molecule has 0 aromatic heterocycles. The van der Waals surface area contributed by atoms with Gasteiger partial charge in [-0.25, -0.2) is 9.18 Å². The van der Waals surface area contributed by atoms with Gasteiger partial charge in [-0.15, -0.1) is 0 Å². The molecule has 1 aromatic carbocycles. The van der Waals surface area contributed by atoms with Crippen molar-refractivity contribution >= 4 is 11.9 Å². The predicted octanol–water partition coefficient (Wildman–Crippen LogP) is 4.96. The molecule has 4 fully saturated rings. The van der Waals surface area contributed by atoms with Crippen LogP contribution in [0.5, 0.6) is 5.75 Å². The maximum atomic E-state index is 14.1. The molecule has 0 radical (unpaired) electrons. The Hall–Kier alpha value is -2.37. The van der Waals surface area contributed by atoms with Crippen LogP contribution in [-0.2, 0) is 4.79 Å². The number of aromatic carboxylic acids is 1. The summed E-state index contributed by atoms with van der Waals surface area (Å²) in [4.78, 5) is 23.3. The second kappa shape index (κ2) is 8.64. The van der Waals surface area contributed by atoms with Crippen molar-refractivity contribution in [2.75, 3.05) is 6.54 Å². The molecule has 0 saturated heterocycles. The molecule has 0 heterocycles. The van der Waals surface area contributed by atoms with Crippen molar-refractivity contribution in [3.8, 4) is 5.75 Å². The minimum atomic E-state index is -1.17. The number of benzene rings is 1. The summed E-state index contributed by atoms with van der Waals surface area (Å²) in [6, 6.07) is 3.69. The molecular weight excluding hydrogens is 397 g/mol. The number of halogens is 1. The number of hydrogen-bond donors (Lipinski definition) is 2. The molecule has 6 heteroatoms. The second-order valence-electron chi connectivity index (χ2n) is 10.0. The van der Waals surface area contributed by atoms with Crippen LogP contribution in [0.15, 0.2) is 29.8 Å². The van der Waals surface area contributed by atoms with Crippen LogP contribution in [0.2, 0.25) is 0 Å². The first-order valence-electron chi connectivity index (χ1n) is 11.4. The molecule has 4 aliphatic carbocycles. The van der Waals surface area contributed by atoms with Crippen molar-refractivity contribution in [2.45, 2.75) is 64.9 Å². The van der Waals surface area contributed by atoms with Gasteiger partial charge in [0.2, 0.25) is 5.91 Å². The van der Waals surface area contributed by atoms with Crippen LogP contribution in [0, 0.1) is 29.0 Å². The van der Waals surface area contributed by atoms with Gasteiger partial charge < -0.3 is 15.2 Å². The number of ether oxygens (including phenoxy) is 1. The maximum Gasteiger partial charge on any atom is 0.335 e. The van der Waals surface area contributed by atoms with E-state index in [2.05, 4.69) is 19.2 Å². The molecule has 31 heavy (non-hydrogen) atoms. The largest absolute Gasteiger partial charge is 0.487 e. The van der Waals surface area contributed by atoms with Crippen LogP contribution in [0.25, 0.3) is 0 Å². The van der Waals surface area contributed by atoms with Crippen molar-refractivity contribution in [1.82, 2.24) is 5.32 Å². The summed E-state index contributed by atoms with van der Waals surface area (Å²) in [5.41, 5.74) is 1.43. The van der Waals surface area contributed by atoms with E-state index in [0.717, 1.165) is 42.9 Å². The zero-order valence-corrected chi connectivity index (χ0v) is 18.3. The van der Waals surface area contributed by atoms with E-state index in [9.17, 15) is 14.0 Å². The average molecular weight is 430 g/mol. The van der Waals surface area contributed by atoms with E-state index in [-0.39, 0.29) is 23.3 Å². The summed E-state index contributed by atoms with van der Waals surface area (Å²) in [6.07, 6.45) is 8.32. The first-order valence-corrected chi connectivity index (χ1v) is 11.4. The van der Waals surface area contributed by atoms with Gasteiger partial charge in [-0.2, -0.15) is 0 Å². The minimum absolute atomic E-state index is 0.0103. The van der Waals surface area contributed by atoms with E-state index in [1.54, 1.807) is 6.08 Å². The molecule has 1 amide bonds. The predicted molar refractivity (Wildman–Crippen MR) is 115 cm³/mol. The summed E-state index contributed by atoms with van der Waals surface area (Å²) in [5, 5.41) is 12.0. The highest BCUT2D eigenvalue weighted by molar-refractivity contribution is 5.88. The first kappa shape index (κ1) is 21.8. The van der Waals surface area contributed by atoms with Crippen LogP contribution in [0.1, 0.15) is 69.2 Å². The third kappa shape index (κ3) is 4.63. The Labute approximate surface area is 183 Å². The van der Waals surface area contributed by atoms with Gasteiger partial charge in [0.15, 0.2) is 11.6 Å². The normalized spacial score (nSPS) is 28.9. The highest BCUT2D eigenvalue weighted by Gasteiger charge is 2.53. The number of amides is 1. The first-order chi connectivity index (χ1) is 14.7. The molecule has 0 spiro atoms. The van der Waals surface area contributed by atoms with E-state index in [1.165, 1.54) is 31.4 Å². The monoisotopic (exact) mass is 429 g/mol. The molecule has 4 saturated carbocycles. The highest BCUT2D eigenvalue weighted by Crippen LogP contribution is 2.61. The van der Waals surface area contributed by atoms with E-state index in [0.29, 0.717) is 24.2 Å². The number of carbonyl (C=O) groups is 2. The Balaban J connectivity index is 1.23. The van der Waals surface area contributed by atoms with Gasteiger partial charge in [0.25, 0.3) is 0 Å². The van der Waals surface area contributed by atoms with Crippen molar-refractivity contribution in [1.29, 1.82) is 0 Å². The van der Waals surface area contributed by atoms with Gasteiger partial charge in [-0.3, -0.25) is 4.79 Å². The van der Waals surface area contributed by atoms with E-state index in [1.807, 2.05) is 0 Å². The Morgan fingerprint density at radius 2 is 1.97 bits per heavy atom. The van der Waals surface area contributed by atoms with Crippen LogP contribution in [-0.4, -0.2) is 29.6 Å². The lowest BCUT2D eigenvalue weighted by Crippen LogP contribution is -2.54. The number of carboxylic acids is 1. The van der Waals surface area contributed by atoms with Crippen LogP contribution < -0.4 is 10.1 Å². The molecule has 0 aliphatic heterocycles. The molecule has 2 N–H and O–H groups in total. The summed E-state index contributed by atoms with van der Waals surface area (Å²) >= 11 is 0. The second-order valence-corrected chi connectivity index (χ2v) is 10.0. The van der Waals surface area contributed by atoms with Crippen LogP contribution >= 0.6 is 0 Å². The number of allylic oxidation sites excluding steroid dienone is 1. The molecule has 4 aliphatic rings. The number of fused-ring (bicyclic) bond motifs is 2. The lowest BCUT2D eigenvalue weighted by molar-refractivity contribution is -0.120. The Bertz CT molecular complexity index is 882. The fraction of sp³-hybridized carbons (Fsp3) is 0.600. The van der Waals surface area contributed by atoms with E-state index < -0.39 is 11.8 Å². The van der Waals surface area contributed by atoms with Crippen molar-refractivity contribution < 1.29 is 23.8 Å². The van der Waals surface area contributed by atoms with Gasteiger partial charge >= 0.3 is 5.97 Å². The van der Waals surface area contributed by atoms with Gasteiger partial charge in [-0.1, -0.05) is 19.4 Å². The van der Waals surface area contributed by atoms with Crippen LogP contribution in [0.3, 0.4) is 0 Å². The fourth-order valence-corrected chi connectivity index (χ4v) is 5.81. The third-order valence-electron chi connectivity index (χ3n) is 7.92. The van der Waals surface area contributed by atoms with E-state index >= 15 is 0 Å². The van der Waals surface area contributed by atoms with Gasteiger partial charge in [0, 0.05) is 12.6 Å². The van der Waals surface area contributed by atoms with Crippen LogP contribution in [0.4, 0.5) is 4.39 Å². The molecule has 2 bridgehead atoms. The quantitative estimate of drug-likeness (QED) is 0.627. The molecular formula is C25H32FNO4. The minimum Gasteiger partial charge on any atom is -0.487 e. The molecule has 1 aromatic rings. The number of carboxylic acid groups (broad SMARTS) is 1. The smallest absolute Gasteiger partial charge is 0.335 e. The molecule has 168 valence electrons. The SMILES string of the molecule is CC1(C)[C@H]2CC[C@@H](CNC(=O)C=C3CCC(Oc4ccc(C(=O)O)cc4F)CC3)[C@@H]1C2. The summed E-state index contributed by atoms with van der Waals surface area (Å²) in [6.45, 7) is 5.50. The highest BCUT2D eigenvalue weighted by atomic mass is 19.1. The maximum absolute atomic E-state index is 14.1. The van der Waals surface area contributed by atoms with Gasteiger partial charge in [-0.05, 0) is 86.3 Å². The number of hydrogen-bond acceptors (Lipinski definition) is 3. The third-order valence-corrected chi connectivity index (χ3v) is 7.92. The standard InChI is InChI=1S/C25H32FNO4/c1-25(2)18-7-5-17(20(25)13-18)14-27-23(28)11-15-3-8-19(9-4-15)31-22-10-6-16(24(29)30)12-21(22)26/h6,10-12,17-20H,3-5,7-9,13-14H2,1-2H3,(H,27,28)(H,29,30)/t17-,18-,19?,20-/m0/s1. The van der Waals surface area contributed by atoms with Crippen molar-refractivity contribution in [3.05, 3.63) is 41.2 Å². The molecule has 5 rings (SSSR count). The van der Waals surface area contributed by atoms with Crippen molar-refractivity contribution in [2.24, 2.45) is 23.2 Å². The van der Waals surface area contributed by atoms with Gasteiger partial charge in [0.05, 0.1) is 11.7 Å². The lowest BCUT2D eigenvalue weighted by atomic mass is 9.45. The lowest BCUT2D eigenvalue weighted by Gasteiger charge is -2.60. The van der Waals surface area contributed by atoms with Gasteiger partial charge in [0.1, 0.15) is 0 Å². The summed E-state index contributed by atoms with van der Waals surface area (Å²) in [5.74, 6) is 0.431. The Morgan fingerprint density at radius 1 is 1.23 bits per heavy atom. The Morgan fingerprint density at radius 3 is 2.58 bits per heavy atom. The molecule has 0 unspecified atom stereocenters. The fourth-order valence-electron chi connectivity index (χ4n) is 5.81. The topological polar surface area (TPSA) is 75.6 Å². The molecule has 3 atom stereocenters. The summed E-state index contributed by atoms with van der Waals surface area (Å²) < 4.78 is 19.8. The number of nitrogens with one attached hydrogen (secondary N) is 1. The zero-order chi connectivity index (χ0) is 22.2. The zero-order valence-electron chi connectivity index (χ0n) is 18.3. The Kier molecular flexibility index (Phi) is 6.09. The number of carbonyl (C=O) groups excluding carboxylic acids is 1. The van der Waals surface area contributed by atoms with E-state index in [4.69, 9.17) is 9.84 Å². The van der Waals surface area contributed by atoms with Crippen molar-refractivity contribution in [3.63, 3.8) is 0 Å². The summed E-state index contributed by atoms with van der Waals surface area (Å²) in [7, 11) is 0.